The molecule has 0 bridgehead atoms. The molecular weight excluding hydrogens is 406 g/mol. The minimum atomic E-state index is -3.38. The molecule has 30 heavy (non-hydrogen) atoms. The summed E-state index contributed by atoms with van der Waals surface area (Å²) in [5, 5.41) is 2.20. The van der Waals surface area contributed by atoms with Crippen molar-refractivity contribution in [3.63, 3.8) is 0 Å². The topological polar surface area (TPSA) is 108 Å². The number of ether oxygens (including phenoxy) is 1. The van der Waals surface area contributed by atoms with Gasteiger partial charge in [-0.1, -0.05) is 0 Å². The number of amides is 1. The van der Waals surface area contributed by atoms with Crippen molar-refractivity contribution in [2.45, 2.75) is 50.4 Å². The predicted molar refractivity (Wildman–Crippen MR) is 113 cm³/mol. The number of nitrogens with one attached hydrogen (secondary N) is 2. The molecule has 2 fully saturated rings. The highest BCUT2D eigenvalue weighted by Crippen LogP contribution is 2.34. The van der Waals surface area contributed by atoms with Gasteiger partial charge in [-0.05, 0) is 57.2 Å². The summed E-state index contributed by atoms with van der Waals surface area (Å²) in [6.45, 7) is 6.92. The Kier molecular flexibility index (Phi) is 5.50. The third-order valence-corrected chi connectivity index (χ3v) is 7.88. The zero-order chi connectivity index (χ0) is 21.5. The van der Waals surface area contributed by atoms with E-state index in [2.05, 4.69) is 21.5 Å². The fourth-order valence-corrected chi connectivity index (χ4v) is 5.97. The first-order valence-corrected chi connectivity index (χ1v) is 11.8. The summed E-state index contributed by atoms with van der Waals surface area (Å²) in [5.41, 5.74) is 4.09. The van der Waals surface area contributed by atoms with Gasteiger partial charge in [-0.25, -0.2) is 27.5 Å². The van der Waals surface area contributed by atoms with Crippen LogP contribution in [0.25, 0.3) is 11.0 Å². The Morgan fingerprint density at radius 3 is 2.63 bits per heavy atom. The number of sulfonamides is 1. The normalized spacial score (nSPS) is 20.2. The summed E-state index contributed by atoms with van der Waals surface area (Å²) in [7, 11) is -3.38. The first-order valence-electron chi connectivity index (χ1n) is 10.3. The number of aromatic nitrogens is 2. The highest BCUT2D eigenvalue weighted by Gasteiger charge is 2.43. The van der Waals surface area contributed by atoms with E-state index in [9.17, 15) is 13.2 Å². The van der Waals surface area contributed by atoms with Crippen LogP contribution in [0, 0.1) is 0 Å². The van der Waals surface area contributed by atoms with E-state index in [1.54, 1.807) is 36.3 Å². The van der Waals surface area contributed by atoms with Gasteiger partial charge < -0.3 is 9.72 Å². The number of H-pyrrole nitrogens is 1. The summed E-state index contributed by atoms with van der Waals surface area (Å²) >= 11 is 0. The number of pyridine rings is 1. The number of hydrazine groups is 1. The summed E-state index contributed by atoms with van der Waals surface area (Å²) in [6, 6.07) is 3.98. The molecule has 2 aromatic rings. The maximum atomic E-state index is 13.0. The molecule has 2 aromatic heterocycles. The molecule has 164 valence electrons. The lowest BCUT2D eigenvalue weighted by atomic mass is 9.90. The van der Waals surface area contributed by atoms with Crippen LogP contribution in [0.2, 0.25) is 0 Å². The summed E-state index contributed by atoms with van der Waals surface area (Å²) < 4.78 is 32.7. The quantitative estimate of drug-likeness (QED) is 0.762. The van der Waals surface area contributed by atoms with Gasteiger partial charge in [-0.3, -0.25) is 5.43 Å². The van der Waals surface area contributed by atoms with E-state index in [4.69, 9.17) is 4.74 Å². The van der Waals surface area contributed by atoms with Crippen LogP contribution in [0.15, 0.2) is 24.5 Å². The fraction of sp³-hybridized carbons (Fsp3) is 0.600. The average molecular weight is 436 g/mol. The summed E-state index contributed by atoms with van der Waals surface area (Å²) in [4.78, 5) is 19.4. The standard InChI is InChI=1S/C20H29N5O4S/c1-20(2,3)29-19(26)23-24-12-15(13-24)30(27,28)25-9-6-14(7-10-25)17-11-22-18-16(17)5-4-8-21-18/h4-5,8,11,14-15H,6-7,9-10,12-13H2,1-3H3,(H,21,22)(H,23,26). The van der Waals surface area contributed by atoms with Crippen molar-refractivity contribution in [2.75, 3.05) is 26.2 Å². The Morgan fingerprint density at radius 1 is 1.27 bits per heavy atom. The average Bonchev–Trinajstić information content (AvgIpc) is 3.07. The van der Waals surface area contributed by atoms with E-state index in [1.165, 1.54) is 5.56 Å². The van der Waals surface area contributed by atoms with Crippen molar-refractivity contribution in [1.29, 1.82) is 0 Å². The van der Waals surface area contributed by atoms with Crippen LogP contribution in [0.5, 0.6) is 0 Å². The summed E-state index contributed by atoms with van der Waals surface area (Å²) in [5.74, 6) is 0.320. The van der Waals surface area contributed by atoms with Gasteiger partial charge in [0, 0.05) is 44.0 Å². The van der Waals surface area contributed by atoms with Crippen molar-refractivity contribution < 1.29 is 17.9 Å². The number of fused-ring (bicyclic) bond motifs is 1. The van der Waals surface area contributed by atoms with Crippen LogP contribution >= 0.6 is 0 Å². The molecule has 0 aliphatic carbocycles. The maximum absolute atomic E-state index is 13.0. The van der Waals surface area contributed by atoms with Crippen LogP contribution in [0.4, 0.5) is 4.79 Å². The Hall–Kier alpha value is -2.17. The number of hydrogen-bond acceptors (Lipinski definition) is 6. The van der Waals surface area contributed by atoms with E-state index in [1.807, 2.05) is 12.3 Å². The fourth-order valence-electron chi connectivity index (χ4n) is 4.09. The third kappa shape index (κ3) is 4.30. The Labute approximate surface area is 176 Å². The number of carbonyl (C=O) groups excluding carboxylic acids is 1. The highest BCUT2D eigenvalue weighted by atomic mass is 32.2. The van der Waals surface area contributed by atoms with Gasteiger partial charge in [-0.2, -0.15) is 0 Å². The minimum Gasteiger partial charge on any atom is -0.443 e. The first kappa shape index (κ1) is 21.1. The molecule has 2 aliphatic rings. The number of aromatic amines is 1. The Morgan fingerprint density at radius 2 is 1.97 bits per heavy atom. The highest BCUT2D eigenvalue weighted by molar-refractivity contribution is 7.89. The zero-order valence-corrected chi connectivity index (χ0v) is 18.4. The van der Waals surface area contributed by atoms with Crippen molar-refractivity contribution in [2.24, 2.45) is 0 Å². The molecule has 0 saturated carbocycles. The zero-order valence-electron chi connectivity index (χ0n) is 17.6. The van der Waals surface area contributed by atoms with Crippen molar-refractivity contribution in [3.8, 4) is 0 Å². The number of hydrogen-bond donors (Lipinski definition) is 2. The van der Waals surface area contributed by atoms with E-state index in [0.717, 1.165) is 23.9 Å². The molecule has 2 aliphatic heterocycles. The number of piperidine rings is 1. The van der Waals surface area contributed by atoms with Gasteiger partial charge in [0.15, 0.2) is 0 Å². The molecule has 0 aromatic carbocycles. The lowest BCUT2D eigenvalue weighted by Gasteiger charge is -2.42. The maximum Gasteiger partial charge on any atom is 0.422 e. The van der Waals surface area contributed by atoms with E-state index in [-0.39, 0.29) is 13.1 Å². The molecule has 4 heterocycles. The van der Waals surface area contributed by atoms with Crippen LogP contribution in [0.1, 0.15) is 45.1 Å². The van der Waals surface area contributed by atoms with E-state index in [0.29, 0.717) is 19.0 Å². The van der Waals surface area contributed by atoms with Crippen LogP contribution < -0.4 is 5.43 Å². The van der Waals surface area contributed by atoms with Crippen molar-refractivity contribution >= 4 is 27.1 Å². The van der Waals surface area contributed by atoms with Gasteiger partial charge >= 0.3 is 6.09 Å². The molecular formula is C20H29N5O4S. The second-order valence-corrected chi connectivity index (χ2v) is 11.2. The van der Waals surface area contributed by atoms with Gasteiger partial charge in [0.1, 0.15) is 16.5 Å². The smallest absolute Gasteiger partial charge is 0.422 e. The molecule has 1 amide bonds. The molecule has 10 heteroatoms. The largest absolute Gasteiger partial charge is 0.443 e. The second kappa shape index (κ2) is 7.82. The molecule has 0 spiro atoms. The third-order valence-electron chi connectivity index (χ3n) is 5.65. The lowest BCUT2D eigenvalue weighted by molar-refractivity contribution is 0.0213. The second-order valence-electron chi connectivity index (χ2n) is 9.00. The molecule has 4 rings (SSSR count). The monoisotopic (exact) mass is 435 g/mol. The molecule has 0 atom stereocenters. The summed E-state index contributed by atoms with van der Waals surface area (Å²) in [6.07, 6.45) is 4.77. The van der Waals surface area contributed by atoms with E-state index >= 15 is 0 Å². The van der Waals surface area contributed by atoms with Crippen molar-refractivity contribution in [1.82, 2.24) is 24.7 Å². The Bertz CT molecular complexity index is 1020. The van der Waals surface area contributed by atoms with E-state index < -0.39 is 27.0 Å². The first-order chi connectivity index (χ1) is 14.1. The Balaban J connectivity index is 1.30. The van der Waals surface area contributed by atoms with Gasteiger partial charge in [0.05, 0.1) is 0 Å². The van der Waals surface area contributed by atoms with Gasteiger partial charge in [0.2, 0.25) is 10.0 Å². The predicted octanol–water partition coefficient (Wildman–Crippen LogP) is 2.20. The van der Waals surface area contributed by atoms with Crippen LogP contribution in [-0.4, -0.2) is 70.8 Å². The minimum absolute atomic E-state index is 0.273. The molecule has 2 saturated heterocycles. The number of nitrogens with zero attached hydrogens (tertiary/aromatic N) is 3. The number of rotatable bonds is 4. The molecule has 0 unspecified atom stereocenters. The molecule has 2 N–H and O–H groups in total. The number of carbonyl (C=O) groups is 1. The molecule has 9 nitrogen and oxygen atoms in total. The van der Waals surface area contributed by atoms with Gasteiger partial charge in [-0.15, -0.1) is 0 Å². The van der Waals surface area contributed by atoms with Crippen molar-refractivity contribution in [3.05, 3.63) is 30.1 Å². The van der Waals surface area contributed by atoms with Crippen LogP contribution in [-0.2, 0) is 14.8 Å². The SMILES string of the molecule is CC(C)(C)OC(=O)NN1CC(S(=O)(=O)N2CCC(c3c[nH]c4ncccc34)CC2)C1. The van der Waals surface area contributed by atoms with Crippen LogP contribution in [0.3, 0.4) is 0 Å². The lowest BCUT2D eigenvalue weighted by Crippen LogP contribution is -2.64. The van der Waals surface area contributed by atoms with Gasteiger partial charge in [0.25, 0.3) is 0 Å². The molecule has 0 radical (unpaired) electrons.